The number of carbonyl (C=O) groups is 2. The maximum atomic E-state index is 12.5. The van der Waals surface area contributed by atoms with E-state index in [2.05, 4.69) is 46.4 Å². The average molecular weight is 583 g/mol. The highest BCUT2D eigenvalue weighted by molar-refractivity contribution is 8.04. The first-order chi connectivity index (χ1) is 19.6. The number of benzene rings is 2. The standard InChI is InChI=1S/C17H25N3O2S.C14H19NO.C2H6/c1-10(2)16(23-13(5)20-12(4)21)17(22)19-11(3)14-6-8-15(18)9-7-14;1-2-10-15(9-1)13-5-7-14(8-6-13)16-11-12-3-4-12;1-2/h6-11,16H,5,18H2,1-4H3,(H,19,22)(H,20,21);5-8,12H,1-4,9-11H2;1-2H3. The summed E-state index contributed by atoms with van der Waals surface area (Å²) in [6.45, 7) is 18.4. The fraction of sp³-hybridized carbons (Fsp3) is 0.515. The van der Waals surface area contributed by atoms with Crippen LogP contribution in [0.25, 0.3) is 0 Å². The second-order valence-corrected chi connectivity index (χ2v) is 12.0. The Bertz CT molecular complexity index is 1080. The van der Waals surface area contributed by atoms with Gasteiger partial charge >= 0.3 is 0 Å². The third-order valence-electron chi connectivity index (χ3n) is 6.73. The van der Waals surface area contributed by atoms with Crippen molar-refractivity contribution in [3.05, 3.63) is 65.7 Å². The summed E-state index contributed by atoms with van der Waals surface area (Å²) >= 11 is 1.27. The number of carbonyl (C=O) groups excluding carboxylic acids is 2. The van der Waals surface area contributed by atoms with Gasteiger partial charge in [0.2, 0.25) is 11.8 Å². The van der Waals surface area contributed by atoms with Crippen LogP contribution in [0, 0.1) is 11.8 Å². The third kappa shape index (κ3) is 12.5. The predicted molar refractivity (Wildman–Crippen MR) is 174 cm³/mol. The molecule has 8 heteroatoms. The summed E-state index contributed by atoms with van der Waals surface area (Å²) in [5.74, 6) is 1.68. The largest absolute Gasteiger partial charge is 0.493 e. The molecule has 2 aromatic carbocycles. The molecular weight excluding hydrogens is 532 g/mol. The minimum absolute atomic E-state index is 0.0826. The average Bonchev–Trinajstić information content (AvgIpc) is 3.62. The van der Waals surface area contributed by atoms with Gasteiger partial charge in [-0.25, -0.2) is 0 Å². The molecule has 1 aliphatic heterocycles. The molecule has 2 unspecified atom stereocenters. The number of ether oxygens (including phenoxy) is 1. The molecule has 0 aromatic heterocycles. The Balaban J connectivity index is 0.000000283. The van der Waals surface area contributed by atoms with Crippen LogP contribution in [-0.2, 0) is 9.59 Å². The minimum Gasteiger partial charge on any atom is -0.493 e. The Hall–Kier alpha value is -3.13. The van der Waals surface area contributed by atoms with E-state index in [4.69, 9.17) is 10.5 Å². The number of nitrogens with one attached hydrogen (secondary N) is 2. The first-order valence-electron chi connectivity index (χ1n) is 14.9. The van der Waals surface area contributed by atoms with Crippen molar-refractivity contribution < 1.29 is 14.3 Å². The van der Waals surface area contributed by atoms with Gasteiger partial charge in [-0.05, 0) is 86.4 Å². The highest BCUT2D eigenvalue weighted by atomic mass is 32.2. The zero-order chi connectivity index (χ0) is 30.4. The molecule has 0 radical (unpaired) electrons. The van der Waals surface area contributed by atoms with E-state index in [1.807, 2.05) is 58.9 Å². The van der Waals surface area contributed by atoms with Crippen molar-refractivity contribution in [1.82, 2.24) is 10.6 Å². The third-order valence-corrected chi connectivity index (χ3v) is 8.13. The number of thioether (sulfide) groups is 1. The Kier molecular flexibility index (Phi) is 14.7. The molecule has 7 nitrogen and oxygen atoms in total. The molecule has 2 aliphatic rings. The Morgan fingerprint density at radius 2 is 1.61 bits per heavy atom. The number of amides is 2. The molecular formula is C33H50N4O3S. The van der Waals surface area contributed by atoms with Gasteiger partial charge in [0, 0.05) is 31.4 Å². The molecule has 0 spiro atoms. The monoisotopic (exact) mass is 582 g/mol. The Morgan fingerprint density at radius 3 is 2.12 bits per heavy atom. The summed E-state index contributed by atoms with van der Waals surface area (Å²) in [6.07, 6.45) is 5.37. The van der Waals surface area contributed by atoms with Crippen LogP contribution < -0.4 is 26.0 Å². The molecule has 1 aliphatic carbocycles. The van der Waals surface area contributed by atoms with Crippen LogP contribution in [0.5, 0.6) is 5.75 Å². The molecule has 2 fully saturated rings. The van der Waals surface area contributed by atoms with Gasteiger partial charge in [-0.2, -0.15) is 0 Å². The van der Waals surface area contributed by atoms with E-state index < -0.39 is 0 Å². The van der Waals surface area contributed by atoms with Crippen molar-refractivity contribution >= 4 is 35.0 Å². The fourth-order valence-corrected chi connectivity index (χ4v) is 5.22. The van der Waals surface area contributed by atoms with Crippen molar-refractivity contribution in [2.24, 2.45) is 11.8 Å². The smallest absolute Gasteiger partial charge is 0.234 e. The van der Waals surface area contributed by atoms with E-state index in [9.17, 15) is 9.59 Å². The lowest BCUT2D eigenvalue weighted by Gasteiger charge is -2.23. The van der Waals surface area contributed by atoms with Crippen LogP contribution in [0.3, 0.4) is 0 Å². The Morgan fingerprint density at radius 1 is 1.02 bits per heavy atom. The van der Waals surface area contributed by atoms with Gasteiger partial charge in [-0.15, -0.1) is 0 Å². The quantitative estimate of drug-likeness (QED) is 0.249. The van der Waals surface area contributed by atoms with E-state index in [0.717, 1.165) is 23.8 Å². The van der Waals surface area contributed by atoms with Crippen LogP contribution >= 0.6 is 11.8 Å². The highest BCUT2D eigenvalue weighted by Gasteiger charge is 2.26. The molecule has 41 heavy (non-hydrogen) atoms. The molecule has 1 heterocycles. The van der Waals surface area contributed by atoms with E-state index >= 15 is 0 Å². The highest BCUT2D eigenvalue weighted by Crippen LogP contribution is 2.30. The molecule has 2 amide bonds. The first-order valence-corrected chi connectivity index (χ1v) is 15.8. The second kappa shape index (κ2) is 17.6. The summed E-state index contributed by atoms with van der Waals surface area (Å²) < 4.78 is 5.73. The van der Waals surface area contributed by atoms with Crippen molar-refractivity contribution in [1.29, 1.82) is 0 Å². The van der Waals surface area contributed by atoms with E-state index in [1.165, 1.54) is 63.1 Å². The van der Waals surface area contributed by atoms with Crippen LogP contribution in [0.4, 0.5) is 11.4 Å². The molecule has 2 aromatic rings. The Labute approximate surface area is 251 Å². The maximum absolute atomic E-state index is 12.5. The summed E-state index contributed by atoms with van der Waals surface area (Å²) in [5, 5.41) is 5.76. The van der Waals surface area contributed by atoms with Crippen molar-refractivity contribution in [2.45, 2.75) is 78.5 Å². The minimum atomic E-state index is -0.328. The van der Waals surface area contributed by atoms with Crippen LogP contribution in [0.15, 0.2) is 60.1 Å². The maximum Gasteiger partial charge on any atom is 0.234 e. The number of hydrogen-bond donors (Lipinski definition) is 3. The number of nitrogen functional groups attached to an aromatic ring is 1. The molecule has 1 saturated carbocycles. The van der Waals surface area contributed by atoms with Gasteiger partial charge in [0.25, 0.3) is 0 Å². The van der Waals surface area contributed by atoms with Crippen LogP contribution in [0.1, 0.15) is 78.8 Å². The van der Waals surface area contributed by atoms with Crippen LogP contribution in [0.2, 0.25) is 0 Å². The normalized spacial score (nSPS) is 15.4. The number of rotatable bonds is 11. The van der Waals surface area contributed by atoms with Gasteiger partial charge in [-0.1, -0.05) is 58.2 Å². The topological polar surface area (TPSA) is 96.7 Å². The fourth-order valence-electron chi connectivity index (χ4n) is 4.26. The molecule has 4 rings (SSSR count). The van der Waals surface area contributed by atoms with Gasteiger partial charge in [0.1, 0.15) is 5.75 Å². The first kappa shape index (κ1) is 34.1. The lowest BCUT2D eigenvalue weighted by Crippen LogP contribution is -2.38. The number of hydrogen-bond acceptors (Lipinski definition) is 6. The number of nitrogens with zero attached hydrogens (tertiary/aromatic N) is 1. The van der Waals surface area contributed by atoms with Crippen molar-refractivity contribution in [2.75, 3.05) is 30.3 Å². The van der Waals surface area contributed by atoms with E-state index in [-0.39, 0.29) is 29.0 Å². The van der Waals surface area contributed by atoms with E-state index in [0.29, 0.717) is 10.7 Å². The summed E-state index contributed by atoms with van der Waals surface area (Å²) in [5.41, 5.74) is 8.70. The zero-order valence-corrected chi connectivity index (χ0v) is 26.6. The van der Waals surface area contributed by atoms with Crippen molar-refractivity contribution in [3.8, 4) is 5.75 Å². The van der Waals surface area contributed by atoms with E-state index in [1.54, 1.807) is 0 Å². The molecule has 4 N–H and O–H groups in total. The number of nitrogens with two attached hydrogens (primary N) is 1. The lowest BCUT2D eigenvalue weighted by atomic mass is 10.1. The van der Waals surface area contributed by atoms with Crippen molar-refractivity contribution in [3.63, 3.8) is 0 Å². The molecule has 226 valence electrons. The summed E-state index contributed by atoms with van der Waals surface area (Å²) in [7, 11) is 0. The zero-order valence-electron chi connectivity index (χ0n) is 25.7. The van der Waals surface area contributed by atoms with Gasteiger partial charge < -0.3 is 26.0 Å². The van der Waals surface area contributed by atoms with Gasteiger partial charge in [-0.3, -0.25) is 9.59 Å². The van der Waals surface area contributed by atoms with Gasteiger partial charge in [0.05, 0.1) is 22.9 Å². The van der Waals surface area contributed by atoms with Gasteiger partial charge in [0.15, 0.2) is 0 Å². The summed E-state index contributed by atoms with van der Waals surface area (Å²) in [6, 6.07) is 15.9. The SMILES string of the molecule is C=C(NC(C)=O)SC(C(=O)NC(C)c1ccc(N)cc1)C(C)C.CC.c1cc(N2CCCC2)ccc1OCC1CC1. The molecule has 0 bridgehead atoms. The molecule has 2 atom stereocenters. The second-order valence-electron chi connectivity index (χ2n) is 10.7. The lowest BCUT2D eigenvalue weighted by molar-refractivity contribution is -0.122. The van der Waals surface area contributed by atoms with Crippen LogP contribution in [-0.4, -0.2) is 36.8 Å². The summed E-state index contributed by atoms with van der Waals surface area (Å²) in [4.78, 5) is 26.1. The molecule has 1 saturated heterocycles. The number of anilines is 2. The predicted octanol–water partition coefficient (Wildman–Crippen LogP) is 6.91.